The Labute approximate surface area is 220 Å². The van der Waals surface area contributed by atoms with Crippen LogP contribution in [0.2, 0.25) is 0 Å². The number of nitro groups is 1. The first-order chi connectivity index (χ1) is 19.0. The summed E-state index contributed by atoms with van der Waals surface area (Å²) < 4.78 is 8.50. The number of para-hydroxylation sites is 2. The second-order valence-electron chi connectivity index (χ2n) is 8.57. The molecule has 0 fully saturated rings. The maximum absolute atomic E-state index is 14.0. The fraction of sp³-hybridized carbons (Fsp3) is 0.0357. The molecule has 6 rings (SSSR count). The minimum absolute atomic E-state index is 0.109. The zero-order chi connectivity index (χ0) is 26.9. The third kappa shape index (κ3) is 4.17. The fourth-order valence-corrected chi connectivity index (χ4v) is 4.35. The Kier molecular flexibility index (Phi) is 5.85. The van der Waals surface area contributed by atoms with Gasteiger partial charge in [0.05, 0.1) is 16.3 Å². The van der Waals surface area contributed by atoms with E-state index in [4.69, 9.17) is 9.84 Å². The number of hydrogen-bond donors (Lipinski definition) is 0. The van der Waals surface area contributed by atoms with Crippen molar-refractivity contribution in [2.45, 2.75) is 6.23 Å². The largest absolute Gasteiger partial charge is 0.462 e. The minimum atomic E-state index is -1.18. The summed E-state index contributed by atoms with van der Waals surface area (Å²) in [5, 5.41) is 17.3. The van der Waals surface area contributed by atoms with Gasteiger partial charge in [0.15, 0.2) is 0 Å². The average Bonchev–Trinajstić information content (AvgIpc) is 3.24. The number of benzene rings is 4. The van der Waals surface area contributed by atoms with E-state index in [-0.39, 0.29) is 11.4 Å². The number of anilines is 1. The van der Waals surface area contributed by atoms with E-state index < -0.39 is 22.5 Å². The molecule has 0 N–H and O–H groups in total. The molecule has 0 amide bonds. The minimum Gasteiger partial charge on any atom is -0.462 e. The number of fused-ring (bicyclic) bond motifs is 1. The Morgan fingerprint density at radius 1 is 0.718 bits per heavy atom. The Morgan fingerprint density at radius 3 is 1.87 bits per heavy atom. The van der Waals surface area contributed by atoms with E-state index in [1.165, 1.54) is 34.1 Å². The van der Waals surface area contributed by atoms with Crippen molar-refractivity contribution in [2.24, 2.45) is 5.10 Å². The first-order valence-corrected chi connectivity index (χ1v) is 12.0. The van der Waals surface area contributed by atoms with Crippen LogP contribution in [0, 0.1) is 10.1 Å². The Balaban J connectivity index is 1.60. The van der Waals surface area contributed by atoms with Gasteiger partial charge in [-0.05, 0) is 36.4 Å². The maximum Gasteiger partial charge on any atom is 0.373 e. The van der Waals surface area contributed by atoms with Crippen LogP contribution in [0.15, 0.2) is 130 Å². The van der Waals surface area contributed by atoms with Crippen LogP contribution in [0.25, 0.3) is 5.69 Å². The Hall–Kier alpha value is -5.71. The molecule has 0 aliphatic carbocycles. The van der Waals surface area contributed by atoms with Gasteiger partial charge in [0, 0.05) is 17.7 Å². The predicted molar refractivity (Wildman–Crippen MR) is 144 cm³/mol. The molecule has 5 aromatic rings. The molecule has 1 aliphatic rings. The second kappa shape index (κ2) is 9.63. The molecular weight excluding hydrogens is 500 g/mol. The first kappa shape index (κ1) is 23.7. The van der Waals surface area contributed by atoms with Crippen molar-refractivity contribution < 1.29 is 9.66 Å². The lowest BCUT2D eigenvalue weighted by atomic mass is 10.1. The summed E-state index contributed by atoms with van der Waals surface area (Å²) in [6, 6.07) is 32.2. The molecule has 0 radical (unpaired) electrons. The lowest BCUT2D eigenvalue weighted by Gasteiger charge is -2.32. The van der Waals surface area contributed by atoms with Gasteiger partial charge in [-0.25, -0.2) is 14.2 Å². The Bertz CT molecular complexity index is 1790. The lowest BCUT2D eigenvalue weighted by molar-refractivity contribution is -0.384. The molecule has 2 heterocycles. The number of nitrogens with zero attached hydrogens (tertiary/aromatic N) is 6. The first-order valence-electron chi connectivity index (χ1n) is 12.0. The van der Waals surface area contributed by atoms with Crippen LogP contribution < -0.4 is 21.2 Å². The number of rotatable bonds is 6. The number of non-ortho nitro benzene ring substituents is 1. The van der Waals surface area contributed by atoms with Crippen molar-refractivity contribution in [1.82, 2.24) is 14.0 Å². The standard InChI is InChI=1S/C28H20N6O5/c35-27-30(21-12-6-2-7-13-21)28(36)33-31(27)26(39-24-18-16-23(17-19-24)34(37)38)25(20-10-4-1-5-11-20)29-32(33)22-14-8-3-9-15-22/h1-19,26H. The summed E-state index contributed by atoms with van der Waals surface area (Å²) in [5.41, 5.74) is 0.521. The molecule has 192 valence electrons. The molecule has 0 bridgehead atoms. The van der Waals surface area contributed by atoms with Gasteiger partial charge in [0.1, 0.15) is 11.5 Å². The normalized spacial score (nSPS) is 14.4. The van der Waals surface area contributed by atoms with Gasteiger partial charge in [-0.1, -0.05) is 66.7 Å². The van der Waals surface area contributed by atoms with E-state index in [1.54, 1.807) is 54.6 Å². The molecule has 0 saturated carbocycles. The average molecular weight is 521 g/mol. The molecule has 39 heavy (non-hydrogen) atoms. The van der Waals surface area contributed by atoms with Crippen LogP contribution in [0.5, 0.6) is 5.75 Å². The van der Waals surface area contributed by atoms with Gasteiger partial charge >= 0.3 is 11.4 Å². The van der Waals surface area contributed by atoms with Crippen LogP contribution in [0.3, 0.4) is 0 Å². The Morgan fingerprint density at radius 2 is 1.28 bits per heavy atom. The van der Waals surface area contributed by atoms with E-state index in [9.17, 15) is 19.7 Å². The van der Waals surface area contributed by atoms with E-state index in [0.717, 1.165) is 9.36 Å². The summed E-state index contributed by atoms with van der Waals surface area (Å²) in [5.74, 6) is 0.251. The quantitative estimate of drug-likeness (QED) is 0.247. The van der Waals surface area contributed by atoms with Crippen LogP contribution in [-0.4, -0.2) is 24.7 Å². The number of nitro benzene ring substituents is 1. The summed E-state index contributed by atoms with van der Waals surface area (Å²) in [6.07, 6.45) is -1.18. The van der Waals surface area contributed by atoms with Crippen LogP contribution in [0.1, 0.15) is 11.8 Å². The topological polar surface area (TPSA) is 117 Å². The van der Waals surface area contributed by atoms with E-state index >= 15 is 0 Å². The summed E-state index contributed by atoms with van der Waals surface area (Å²) >= 11 is 0. The highest BCUT2D eigenvalue weighted by molar-refractivity contribution is 6.03. The van der Waals surface area contributed by atoms with Gasteiger partial charge < -0.3 is 4.74 Å². The van der Waals surface area contributed by atoms with Crippen molar-refractivity contribution in [1.29, 1.82) is 0 Å². The monoisotopic (exact) mass is 520 g/mol. The molecule has 0 spiro atoms. The lowest BCUT2D eigenvalue weighted by Crippen LogP contribution is -2.49. The predicted octanol–water partition coefficient (Wildman–Crippen LogP) is 3.97. The van der Waals surface area contributed by atoms with E-state index in [0.29, 0.717) is 22.6 Å². The summed E-state index contributed by atoms with van der Waals surface area (Å²) in [6.45, 7) is 0. The van der Waals surface area contributed by atoms with Gasteiger partial charge in [-0.15, -0.1) is 15.0 Å². The SMILES string of the molecule is O=c1n(-c2ccccc2)c(=O)n2n1C(Oc1ccc([N+](=O)[O-])cc1)C(c1ccccc1)=NN2c1ccccc1. The summed E-state index contributed by atoms with van der Waals surface area (Å²) in [4.78, 5) is 39.6. The number of hydrazone groups is 1. The molecule has 1 aliphatic heterocycles. The molecular formula is C28H20N6O5. The van der Waals surface area contributed by atoms with Crippen LogP contribution >= 0.6 is 0 Å². The van der Waals surface area contributed by atoms with Crippen molar-refractivity contribution in [3.8, 4) is 11.4 Å². The maximum atomic E-state index is 14.0. The van der Waals surface area contributed by atoms with E-state index in [2.05, 4.69) is 0 Å². The number of hydrogen-bond acceptors (Lipinski definition) is 7. The molecule has 1 atom stereocenters. The molecule has 0 saturated heterocycles. The zero-order valence-corrected chi connectivity index (χ0v) is 20.3. The summed E-state index contributed by atoms with van der Waals surface area (Å²) in [7, 11) is 0. The second-order valence-corrected chi connectivity index (χ2v) is 8.57. The third-order valence-corrected chi connectivity index (χ3v) is 6.16. The molecule has 1 aromatic heterocycles. The zero-order valence-electron chi connectivity index (χ0n) is 20.3. The smallest absolute Gasteiger partial charge is 0.373 e. The van der Waals surface area contributed by atoms with Crippen molar-refractivity contribution in [3.05, 3.63) is 152 Å². The highest BCUT2D eigenvalue weighted by Crippen LogP contribution is 2.28. The van der Waals surface area contributed by atoms with Crippen molar-refractivity contribution >= 4 is 17.1 Å². The molecule has 11 heteroatoms. The highest BCUT2D eigenvalue weighted by atomic mass is 16.6. The third-order valence-electron chi connectivity index (χ3n) is 6.16. The molecule has 11 nitrogen and oxygen atoms in total. The van der Waals surface area contributed by atoms with Gasteiger partial charge in [0.25, 0.3) is 5.69 Å². The van der Waals surface area contributed by atoms with E-state index in [1.807, 2.05) is 36.4 Å². The van der Waals surface area contributed by atoms with Gasteiger partial charge in [-0.2, -0.15) is 4.68 Å². The van der Waals surface area contributed by atoms with Crippen molar-refractivity contribution in [3.63, 3.8) is 0 Å². The number of aromatic nitrogens is 3. The molecule has 1 unspecified atom stereocenters. The van der Waals surface area contributed by atoms with Crippen LogP contribution in [0.4, 0.5) is 11.4 Å². The van der Waals surface area contributed by atoms with Crippen molar-refractivity contribution in [2.75, 3.05) is 5.12 Å². The fourth-order valence-electron chi connectivity index (χ4n) is 4.35. The van der Waals surface area contributed by atoms with Gasteiger partial charge in [-0.3, -0.25) is 10.1 Å². The molecule has 4 aromatic carbocycles. The number of ether oxygens (including phenoxy) is 1. The van der Waals surface area contributed by atoms with Crippen LogP contribution in [-0.2, 0) is 0 Å². The van der Waals surface area contributed by atoms with Gasteiger partial charge in [0.2, 0.25) is 6.23 Å². The highest BCUT2D eigenvalue weighted by Gasteiger charge is 2.37.